The van der Waals surface area contributed by atoms with E-state index in [2.05, 4.69) is 43.4 Å². The van der Waals surface area contributed by atoms with Crippen molar-refractivity contribution in [1.82, 2.24) is 0 Å². The molecule has 15 nitrogen and oxygen atoms in total. The van der Waals surface area contributed by atoms with Crippen LogP contribution >= 0.6 is 0 Å². The standard InChI is InChI=1S/C42H72O15/c1-3-5-7-8-9-10-11-12-13-14-15-16-17-18-19-20-21-22-23-25-34(45)55-30(27-52-33(44)24-6-4-2)28-53-41-40(51)38(49)36(47)32(57-41)29-54-42-39(50)37(48)35(46)31(26-43)56-42/h9-10,12-13,15-16,30-32,35-43,46-51H,3-8,11,14,17-29H2,1-2H3/b10-9-,13-12-,16-15-. The van der Waals surface area contributed by atoms with Crippen LogP contribution in [0.15, 0.2) is 36.5 Å². The first-order chi connectivity index (χ1) is 27.5. The predicted octanol–water partition coefficient (Wildman–Crippen LogP) is 3.42. The van der Waals surface area contributed by atoms with Crippen LogP contribution in [0.25, 0.3) is 0 Å². The van der Waals surface area contributed by atoms with Crippen LogP contribution in [0.2, 0.25) is 0 Å². The van der Waals surface area contributed by atoms with Gasteiger partial charge in [0.15, 0.2) is 18.7 Å². The largest absolute Gasteiger partial charge is 0.462 e. The van der Waals surface area contributed by atoms with E-state index in [0.29, 0.717) is 12.8 Å². The van der Waals surface area contributed by atoms with Gasteiger partial charge in [-0.2, -0.15) is 0 Å². The number of unbranched alkanes of at least 4 members (excludes halogenated alkanes) is 10. The maximum absolute atomic E-state index is 12.8. The first-order valence-corrected chi connectivity index (χ1v) is 21.1. The van der Waals surface area contributed by atoms with Crippen molar-refractivity contribution in [1.29, 1.82) is 0 Å². The van der Waals surface area contributed by atoms with Crippen molar-refractivity contribution in [3.8, 4) is 0 Å². The van der Waals surface area contributed by atoms with E-state index in [4.69, 9.17) is 28.4 Å². The number of ether oxygens (including phenoxy) is 6. The Balaban J connectivity index is 1.75. The number of esters is 2. The molecule has 11 unspecified atom stereocenters. The van der Waals surface area contributed by atoms with Gasteiger partial charge >= 0.3 is 11.9 Å². The van der Waals surface area contributed by atoms with Crippen molar-refractivity contribution < 1.29 is 73.8 Å². The molecule has 0 saturated carbocycles. The zero-order valence-electron chi connectivity index (χ0n) is 34.1. The lowest BCUT2D eigenvalue weighted by Gasteiger charge is -2.42. The Kier molecular flexibility index (Phi) is 27.4. The molecular weight excluding hydrogens is 744 g/mol. The number of allylic oxidation sites excluding steroid dienone is 6. The SMILES string of the molecule is CCCCC/C=C\C/C=C\C/C=C\CCCCCCCCC(=O)OC(COC(=O)CCCC)COC1OC(COC2OC(CO)C(O)C(O)C2O)C(O)C(O)C1O. The molecule has 15 heteroatoms. The van der Waals surface area contributed by atoms with Gasteiger partial charge in [-0.3, -0.25) is 9.59 Å². The molecule has 2 heterocycles. The van der Waals surface area contributed by atoms with Crippen LogP contribution in [0.3, 0.4) is 0 Å². The van der Waals surface area contributed by atoms with E-state index in [1.807, 2.05) is 6.92 Å². The molecule has 57 heavy (non-hydrogen) atoms. The van der Waals surface area contributed by atoms with E-state index in [-0.39, 0.29) is 26.1 Å². The molecule has 7 N–H and O–H groups in total. The van der Waals surface area contributed by atoms with Crippen molar-refractivity contribution in [3.63, 3.8) is 0 Å². The molecule has 0 amide bonds. The molecule has 2 saturated heterocycles. The second-order valence-electron chi connectivity index (χ2n) is 14.8. The normalized spacial score (nSPS) is 28.7. The quantitative estimate of drug-likeness (QED) is 0.0313. The zero-order chi connectivity index (χ0) is 41.8. The number of hydrogen-bond donors (Lipinski definition) is 7. The van der Waals surface area contributed by atoms with Gasteiger partial charge < -0.3 is 64.2 Å². The van der Waals surface area contributed by atoms with E-state index in [0.717, 1.165) is 57.8 Å². The Hall–Kier alpha value is -2.28. The van der Waals surface area contributed by atoms with Crippen LogP contribution in [-0.2, 0) is 38.0 Å². The Morgan fingerprint density at radius 1 is 0.561 bits per heavy atom. The number of aliphatic hydroxyl groups is 7. The number of carbonyl (C=O) groups excluding carboxylic acids is 2. The molecule has 0 bridgehead atoms. The van der Waals surface area contributed by atoms with Crippen LogP contribution in [-0.4, -0.2) is 142 Å². The summed E-state index contributed by atoms with van der Waals surface area (Å²) >= 11 is 0. The summed E-state index contributed by atoms with van der Waals surface area (Å²) in [5.74, 6) is -0.985. The minimum atomic E-state index is -1.76. The molecule has 2 fully saturated rings. The van der Waals surface area contributed by atoms with Gasteiger partial charge in [-0.15, -0.1) is 0 Å². The van der Waals surface area contributed by atoms with Gasteiger partial charge in [-0.1, -0.05) is 95.2 Å². The smallest absolute Gasteiger partial charge is 0.306 e. The predicted molar refractivity (Wildman–Crippen MR) is 210 cm³/mol. The van der Waals surface area contributed by atoms with Gasteiger partial charge in [0, 0.05) is 12.8 Å². The van der Waals surface area contributed by atoms with E-state index < -0.39 is 92.7 Å². The van der Waals surface area contributed by atoms with Gasteiger partial charge in [0.2, 0.25) is 0 Å². The van der Waals surface area contributed by atoms with E-state index in [1.165, 1.54) is 25.7 Å². The molecule has 0 radical (unpaired) electrons. The first-order valence-electron chi connectivity index (χ1n) is 21.1. The van der Waals surface area contributed by atoms with Crippen molar-refractivity contribution in [2.24, 2.45) is 0 Å². The number of hydrogen-bond acceptors (Lipinski definition) is 15. The molecule has 0 aromatic rings. The number of carbonyl (C=O) groups is 2. The second-order valence-corrected chi connectivity index (χ2v) is 14.8. The Morgan fingerprint density at radius 2 is 1.07 bits per heavy atom. The summed E-state index contributed by atoms with van der Waals surface area (Å²) in [5.41, 5.74) is 0. The third-order valence-electron chi connectivity index (χ3n) is 9.87. The second kappa shape index (κ2) is 30.7. The van der Waals surface area contributed by atoms with E-state index >= 15 is 0 Å². The van der Waals surface area contributed by atoms with Crippen molar-refractivity contribution >= 4 is 11.9 Å². The van der Waals surface area contributed by atoms with Crippen LogP contribution in [0.1, 0.15) is 123 Å². The van der Waals surface area contributed by atoms with Crippen LogP contribution in [0.5, 0.6) is 0 Å². The molecule has 0 aromatic heterocycles. The molecular formula is C42H72O15. The lowest BCUT2D eigenvalue weighted by molar-refractivity contribution is -0.332. The van der Waals surface area contributed by atoms with Gasteiger partial charge in [0.25, 0.3) is 0 Å². The monoisotopic (exact) mass is 816 g/mol. The summed E-state index contributed by atoms with van der Waals surface area (Å²) in [6, 6.07) is 0. The minimum Gasteiger partial charge on any atom is -0.462 e. The Labute approximate surface area is 338 Å². The average Bonchev–Trinajstić information content (AvgIpc) is 3.20. The summed E-state index contributed by atoms with van der Waals surface area (Å²) in [6.07, 6.45) is 11.9. The topological polar surface area (TPSA) is 231 Å². The van der Waals surface area contributed by atoms with Crippen molar-refractivity contribution in [2.45, 2.75) is 191 Å². The summed E-state index contributed by atoms with van der Waals surface area (Å²) < 4.78 is 33.0. The molecule has 330 valence electrons. The summed E-state index contributed by atoms with van der Waals surface area (Å²) in [7, 11) is 0. The molecule has 11 atom stereocenters. The lowest BCUT2D eigenvalue weighted by Crippen LogP contribution is -2.61. The third kappa shape index (κ3) is 20.5. The van der Waals surface area contributed by atoms with Gasteiger partial charge in [0.05, 0.1) is 19.8 Å². The Bertz CT molecular complexity index is 1150. The fraction of sp³-hybridized carbons (Fsp3) is 0.810. The highest BCUT2D eigenvalue weighted by Crippen LogP contribution is 2.26. The third-order valence-corrected chi connectivity index (χ3v) is 9.87. The Morgan fingerprint density at radius 3 is 1.68 bits per heavy atom. The average molecular weight is 817 g/mol. The number of aliphatic hydroxyl groups excluding tert-OH is 7. The van der Waals surface area contributed by atoms with Gasteiger partial charge in [0.1, 0.15) is 55.4 Å². The maximum Gasteiger partial charge on any atom is 0.306 e. The highest BCUT2D eigenvalue weighted by molar-refractivity contribution is 5.70. The minimum absolute atomic E-state index is 0.149. The molecule has 0 aromatic carbocycles. The summed E-state index contributed by atoms with van der Waals surface area (Å²) in [6.45, 7) is 2.24. The lowest BCUT2D eigenvalue weighted by atomic mass is 9.98. The van der Waals surface area contributed by atoms with E-state index in [1.54, 1.807) is 0 Å². The molecule has 2 aliphatic rings. The highest BCUT2D eigenvalue weighted by atomic mass is 16.7. The van der Waals surface area contributed by atoms with Crippen molar-refractivity contribution in [2.75, 3.05) is 26.4 Å². The number of rotatable bonds is 30. The van der Waals surface area contributed by atoms with E-state index in [9.17, 15) is 45.3 Å². The van der Waals surface area contributed by atoms with Crippen LogP contribution in [0.4, 0.5) is 0 Å². The maximum atomic E-state index is 12.8. The molecule has 2 rings (SSSR count). The fourth-order valence-electron chi connectivity index (χ4n) is 6.26. The molecule has 2 aliphatic heterocycles. The van der Waals surface area contributed by atoms with Crippen LogP contribution < -0.4 is 0 Å². The van der Waals surface area contributed by atoms with Crippen molar-refractivity contribution in [3.05, 3.63) is 36.5 Å². The van der Waals surface area contributed by atoms with Crippen LogP contribution in [0, 0.1) is 0 Å². The first kappa shape index (κ1) is 50.9. The highest BCUT2D eigenvalue weighted by Gasteiger charge is 2.47. The summed E-state index contributed by atoms with van der Waals surface area (Å²) in [5, 5.41) is 71.4. The summed E-state index contributed by atoms with van der Waals surface area (Å²) in [4.78, 5) is 25.0. The van der Waals surface area contributed by atoms with Gasteiger partial charge in [-0.05, 0) is 51.4 Å². The molecule has 0 spiro atoms. The molecule has 0 aliphatic carbocycles. The fourth-order valence-corrected chi connectivity index (χ4v) is 6.26. The van der Waals surface area contributed by atoms with Gasteiger partial charge in [-0.25, -0.2) is 0 Å². The zero-order valence-corrected chi connectivity index (χ0v) is 34.1.